The number of hydrogen-bond acceptors (Lipinski definition) is 2. The third-order valence-corrected chi connectivity index (χ3v) is 3.32. The number of nitrogens with zero attached hydrogens (tertiary/aromatic N) is 1. The molecule has 0 bridgehead atoms. The Morgan fingerprint density at radius 3 is 2.55 bits per heavy atom. The lowest BCUT2D eigenvalue weighted by molar-refractivity contribution is 0.413. The lowest BCUT2D eigenvalue weighted by atomic mass is 10.1. The molecule has 2 rings (SSSR count). The fourth-order valence-corrected chi connectivity index (χ4v) is 2.23. The number of benzene rings is 2. The Kier molecular flexibility index (Phi) is 5.18. The molecule has 0 aromatic heterocycles. The van der Waals surface area contributed by atoms with Crippen LogP contribution in [0.15, 0.2) is 73.0 Å². The number of methoxy groups -OCH3 is 1. The maximum Gasteiger partial charge on any atom is 0.146 e. The van der Waals surface area contributed by atoms with E-state index in [-0.39, 0.29) is 5.82 Å². The molecular weight excluding hydrogens is 277 g/mol. The number of allylic oxidation sites excluding steroid dienone is 2. The summed E-state index contributed by atoms with van der Waals surface area (Å²) in [5.41, 5.74) is 4.85. The molecule has 0 atom stereocenters. The summed E-state index contributed by atoms with van der Waals surface area (Å²) < 4.78 is 19.5. The summed E-state index contributed by atoms with van der Waals surface area (Å²) in [6.45, 7) is 3.57. The minimum Gasteiger partial charge on any atom is -0.496 e. The van der Waals surface area contributed by atoms with E-state index in [1.165, 1.54) is 6.07 Å². The van der Waals surface area contributed by atoms with Crippen molar-refractivity contribution in [2.45, 2.75) is 0 Å². The van der Waals surface area contributed by atoms with Crippen molar-refractivity contribution in [1.82, 2.24) is 0 Å². The van der Waals surface area contributed by atoms with Gasteiger partial charge in [0.2, 0.25) is 0 Å². The Balaban J connectivity index is 2.56. The van der Waals surface area contributed by atoms with E-state index < -0.39 is 0 Å². The summed E-state index contributed by atoms with van der Waals surface area (Å²) in [5, 5.41) is 0. The number of hydrogen-bond donors (Lipinski definition) is 0. The SMILES string of the molecule is C=C=C/C=C(/c1ccccc1OC)N(C)c1ccccc1F. The Morgan fingerprint density at radius 2 is 1.86 bits per heavy atom. The maximum absolute atomic E-state index is 14.1. The van der Waals surface area contributed by atoms with Gasteiger partial charge in [0.1, 0.15) is 11.6 Å². The highest BCUT2D eigenvalue weighted by Crippen LogP contribution is 2.32. The number of anilines is 1. The van der Waals surface area contributed by atoms with Crippen LogP contribution >= 0.6 is 0 Å². The van der Waals surface area contributed by atoms with Crippen LogP contribution in [0, 0.1) is 5.82 Å². The lowest BCUT2D eigenvalue weighted by Crippen LogP contribution is -2.17. The molecule has 2 nitrogen and oxygen atoms in total. The van der Waals surface area contributed by atoms with E-state index in [9.17, 15) is 4.39 Å². The molecule has 22 heavy (non-hydrogen) atoms. The topological polar surface area (TPSA) is 12.5 Å². The molecule has 112 valence electrons. The van der Waals surface area contributed by atoms with Gasteiger partial charge in [-0.25, -0.2) is 4.39 Å². The quantitative estimate of drug-likeness (QED) is 0.588. The van der Waals surface area contributed by atoms with Gasteiger partial charge in [0.15, 0.2) is 0 Å². The fourth-order valence-electron chi connectivity index (χ4n) is 2.23. The molecule has 0 N–H and O–H groups in total. The second-order valence-corrected chi connectivity index (χ2v) is 4.63. The average Bonchev–Trinajstić information content (AvgIpc) is 2.55. The lowest BCUT2D eigenvalue weighted by Gasteiger charge is -2.24. The Bertz CT molecular complexity index is 730. The number of para-hydroxylation sites is 2. The molecule has 0 aliphatic heterocycles. The van der Waals surface area contributed by atoms with Gasteiger partial charge < -0.3 is 9.64 Å². The number of halogens is 1. The van der Waals surface area contributed by atoms with Gasteiger partial charge in [-0.1, -0.05) is 30.8 Å². The summed E-state index contributed by atoms with van der Waals surface area (Å²) in [6.07, 6.45) is 3.52. The van der Waals surface area contributed by atoms with E-state index in [2.05, 4.69) is 12.3 Å². The minimum absolute atomic E-state index is 0.284. The van der Waals surface area contributed by atoms with Crippen molar-refractivity contribution in [3.63, 3.8) is 0 Å². The zero-order valence-corrected chi connectivity index (χ0v) is 12.7. The first-order valence-electron chi connectivity index (χ1n) is 6.86. The van der Waals surface area contributed by atoms with E-state index in [0.29, 0.717) is 5.69 Å². The van der Waals surface area contributed by atoms with Crippen molar-refractivity contribution < 1.29 is 9.13 Å². The smallest absolute Gasteiger partial charge is 0.146 e. The fraction of sp³-hybridized carbons (Fsp3) is 0.105. The minimum atomic E-state index is -0.284. The van der Waals surface area contributed by atoms with Gasteiger partial charge in [-0.15, -0.1) is 5.73 Å². The second-order valence-electron chi connectivity index (χ2n) is 4.63. The summed E-state index contributed by atoms with van der Waals surface area (Å²) in [7, 11) is 3.43. The van der Waals surface area contributed by atoms with E-state index in [1.54, 1.807) is 36.3 Å². The Hall–Kier alpha value is -2.77. The summed E-state index contributed by atoms with van der Waals surface area (Å²) >= 11 is 0. The van der Waals surface area contributed by atoms with Crippen LogP contribution in [0.1, 0.15) is 5.56 Å². The number of rotatable bonds is 5. The van der Waals surface area contributed by atoms with Gasteiger partial charge in [0.25, 0.3) is 0 Å². The van der Waals surface area contributed by atoms with Crippen molar-refractivity contribution in [2.75, 3.05) is 19.1 Å². The van der Waals surface area contributed by atoms with Gasteiger partial charge in [-0.2, -0.15) is 0 Å². The molecule has 0 unspecified atom stereocenters. The van der Waals surface area contributed by atoms with Crippen LogP contribution in [-0.4, -0.2) is 14.2 Å². The molecule has 0 radical (unpaired) electrons. The first kappa shape index (κ1) is 15.6. The van der Waals surface area contributed by atoms with Crippen molar-refractivity contribution in [1.29, 1.82) is 0 Å². The van der Waals surface area contributed by atoms with E-state index >= 15 is 0 Å². The van der Waals surface area contributed by atoms with Crippen molar-refractivity contribution in [2.24, 2.45) is 0 Å². The van der Waals surface area contributed by atoms with E-state index in [1.807, 2.05) is 37.4 Å². The largest absolute Gasteiger partial charge is 0.496 e. The molecule has 2 aromatic rings. The van der Waals surface area contributed by atoms with E-state index in [4.69, 9.17) is 4.74 Å². The summed E-state index contributed by atoms with van der Waals surface area (Å²) in [6, 6.07) is 14.3. The molecule has 0 heterocycles. The highest BCUT2D eigenvalue weighted by Gasteiger charge is 2.15. The van der Waals surface area contributed by atoms with Crippen LogP contribution < -0.4 is 9.64 Å². The molecule has 2 aromatic carbocycles. The molecule has 3 heteroatoms. The number of ether oxygens (including phenoxy) is 1. The van der Waals surface area contributed by atoms with Gasteiger partial charge in [0.05, 0.1) is 18.5 Å². The first-order valence-corrected chi connectivity index (χ1v) is 6.86. The van der Waals surface area contributed by atoms with Crippen LogP contribution in [0.4, 0.5) is 10.1 Å². The highest BCUT2D eigenvalue weighted by molar-refractivity contribution is 5.82. The standard InChI is InChI=1S/C19H18FNO/c1-4-5-12-17(15-10-6-9-14-19(15)22-3)21(2)18-13-8-7-11-16(18)20/h5-14H,1H2,2-3H3/b17-12-. The molecule has 0 fully saturated rings. The Morgan fingerprint density at radius 1 is 1.18 bits per heavy atom. The monoisotopic (exact) mass is 295 g/mol. The van der Waals surface area contributed by atoms with Gasteiger partial charge in [-0.05, 0) is 36.4 Å². The molecular formula is C19H18FNO. The van der Waals surface area contributed by atoms with Crippen LogP contribution in [0.25, 0.3) is 5.70 Å². The van der Waals surface area contributed by atoms with Gasteiger partial charge in [0, 0.05) is 12.6 Å². The van der Waals surface area contributed by atoms with Crippen LogP contribution in [0.3, 0.4) is 0 Å². The second kappa shape index (κ2) is 7.30. The molecule has 0 amide bonds. The average molecular weight is 295 g/mol. The molecule has 0 saturated heterocycles. The maximum atomic E-state index is 14.1. The molecule has 0 aliphatic carbocycles. The zero-order chi connectivity index (χ0) is 15.9. The third kappa shape index (κ3) is 3.27. The van der Waals surface area contributed by atoms with Crippen LogP contribution in [-0.2, 0) is 0 Å². The normalized spacial score (nSPS) is 10.8. The highest BCUT2D eigenvalue weighted by atomic mass is 19.1. The predicted octanol–water partition coefficient (Wildman–Crippen LogP) is 4.65. The molecule has 0 aliphatic rings. The molecule has 0 spiro atoms. The summed E-state index contributed by atoms with van der Waals surface area (Å²) in [5.74, 6) is 0.433. The summed E-state index contributed by atoms with van der Waals surface area (Å²) in [4.78, 5) is 1.78. The van der Waals surface area contributed by atoms with Gasteiger partial charge in [-0.3, -0.25) is 0 Å². The first-order chi connectivity index (χ1) is 10.7. The van der Waals surface area contributed by atoms with Crippen molar-refractivity contribution in [3.8, 4) is 5.75 Å². The van der Waals surface area contributed by atoms with E-state index in [0.717, 1.165) is 17.0 Å². The van der Waals surface area contributed by atoms with Crippen molar-refractivity contribution >= 4 is 11.4 Å². The zero-order valence-electron chi connectivity index (χ0n) is 12.7. The van der Waals surface area contributed by atoms with Gasteiger partial charge >= 0.3 is 0 Å². The Labute approximate surface area is 130 Å². The van der Waals surface area contributed by atoms with Crippen molar-refractivity contribution in [3.05, 3.63) is 84.4 Å². The van der Waals surface area contributed by atoms with Crippen LogP contribution in [0.5, 0.6) is 5.75 Å². The predicted molar refractivity (Wildman–Crippen MR) is 89.5 cm³/mol. The molecule has 0 saturated carbocycles. The van der Waals surface area contributed by atoms with Crippen LogP contribution in [0.2, 0.25) is 0 Å². The third-order valence-electron chi connectivity index (χ3n) is 3.32.